The highest BCUT2D eigenvalue weighted by Crippen LogP contribution is 2.14. The van der Waals surface area contributed by atoms with Gasteiger partial charge in [-0.3, -0.25) is 4.68 Å². The SMILES string of the molecule is CCn1ncc(S(=O)(=O)NCCC(C)C)c1C. The summed E-state index contributed by atoms with van der Waals surface area (Å²) in [5.41, 5.74) is 0.685. The lowest BCUT2D eigenvalue weighted by atomic mass is 10.1. The fourth-order valence-electron chi connectivity index (χ4n) is 1.57. The Bertz CT molecular complexity index is 463. The molecule has 0 radical (unpaired) electrons. The summed E-state index contributed by atoms with van der Waals surface area (Å²) < 4.78 is 28.3. The number of rotatable bonds is 6. The molecule has 0 saturated carbocycles. The summed E-state index contributed by atoms with van der Waals surface area (Å²) in [5, 5.41) is 4.04. The predicted molar refractivity (Wildman–Crippen MR) is 67.3 cm³/mol. The number of hydrogen-bond donors (Lipinski definition) is 1. The van der Waals surface area contributed by atoms with Crippen LogP contribution in [0.3, 0.4) is 0 Å². The van der Waals surface area contributed by atoms with Crippen LogP contribution in [-0.4, -0.2) is 24.7 Å². The minimum absolute atomic E-state index is 0.281. The van der Waals surface area contributed by atoms with Gasteiger partial charge in [0.1, 0.15) is 4.90 Å². The summed E-state index contributed by atoms with van der Waals surface area (Å²) in [4.78, 5) is 0.281. The normalized spacial score (nSPS) is 12.3. The Morgan fingerprint density at radius 2 is 2.12 bits per heavy atom. The molecule has 0 fully saturated rings. The number of aromatic nitrogens is 2. The van der Waals surface area contributed by atoms with E-state index in [2.05, 4.69) is 23.7 Å². The summed E-state index contributed by atoms with van der Waals surface area (Å²) in [6, 6.07) is 0. The van der Waals surface area contributed by atoms with Gasteiger partial charge in [0.15, 0.2) is 0 Å². The zero-order chi connectivity index (χ0) is 13.1. The van der Waals surface area contributed by atoms with Gasteiger partial charge in [-0.15, -0.1) is 0 Å². The van der Waals surface area contributed by atoms with E-state index in [1.165, 1.54) is 6.20 Å². The molecule has 1 rings (SSSR count). The molecule has 0 atom stereocenters. The molecular weight excluding hydrogens is 238 g/mol. The topological polar surface area (TPSA) is 64.0 Å². The van der Waals surface area contributed by atoms with Crippen LogP contribution in [0.2, 0.25) is 0 Å². The van der Waals surface area contributed by atoms with Crippen LogP contribution in [-0.2, 0) is 16.6 Å². The number of nitrogens with one attached hydrogen (secondary N) is 1. The molecule has 5 nitrogen and oxygen atoms in total. The highest BCUT2D eigenvalue weighted by atomic mass is 32.2. The van der Waals surface area contributed by atoms with Gasteiger partial charge in [-0.25, -0.2) is 13.1 Å². The third-order valence-corrected chi connectivity index (χ3v) is 4.22. The average Bonchev–Trinajstić information content (AvgIpc) is 2.59. The van der Waals surface area contributed by atoms with E-state index in [1.807, 2.05) is 6.92 Å². The van der Waals surface area contributed by atoms with Crippen molar-refractivity contribution in [3.05, 3.63) is 11.9 Å². The van der Waals surface area contributed by atoms with Crippen molar-refractivity contribution in [2.45, 2.75) is 45.6 Å². The second kappa shape index (κ2) is 5.64. The molecule has 1 aromatic heterocycles. The summed E-state index contributed by atoms with van der Waals surface area (Å²) in [5.74, 6) is 0.483. The van der Waals surface area contributed by atoms with Crippen molar-refractivity contribution in [2.24, 2.45) is 5.92 Å². The first kappa shape index (κ1) is 14.2. The van der Waals surface area contributed by atoms with Crippen molar-refractivity contribution in [3.8, 4) is 0 Å². The molecule has 0 aliphatic rings. The summed E-state index contributed by atoms with van der Waals surface area (Å²) in [6.45, 7) is 8.98. The lowest BCUT2D eigenvalue weighted by Gasteiger charge is -2.08. The van der Waals surface area contributed by atoms with E-state index in [1.54, 1.807) is 11.6 Å². The Kier molecular flexibility index (Phi) is 4.70. The molecule has 17 heavy (non-hydrogen) atoms. The molecule has 6 heteroatoms. The van der Waals surface area contributed by atoms with Crippen LogP contribution in [0.15, 0.2) is 11.1 Å². The lowest BCUT2D eigenvalue weighted by molar-refractivity contribution is 0.550. The van der Waals surface area contributed by atoms with E-state index in [4.69, 9.17) is 0 Å². The van der Waals surface area contributed by atoms with Crippen molar-refractivity contribution in [1.29, 1.82) is 0 Å². The Morgan fingerprint density at radius 1 is 1.47 bits per heavy atom. The minimum atomic E-state index is -3.41. The van der Waals surface area contributed by atoms with E-state index in [0.717, 1.165) is 6.42 Å². The smallest absolute Gasteiger partial charge is 0.243 e. The highest BCUT2D eigenvalue weighted by molar-refractivity contribution is 7.89. The second-order valence-corrected chi connectivity index (χ2v) is 6.23. The molecule has 0 aliphatic heterocycles. The highest BCUT2D eigenvalue weighted by Gasteiger charge is 2.19. The van der Waals surface area contributed by atoms with Crippen molar-refractivity contribution >= 4 is 10.0 Å². The second-order valence-electron chi connectivity index (χ2n) is 4.49. The zero-order valence-corrected chi connectivity index (χ0v) is 11.7. The Morgan fingerprint density at radius 3 is 2.59 bits per heavy atom. The maximum atomic E-state index is 12.0. The summed E-state index contributed by atoms with van der Waals surface area (Å²) >= 11 is 0. The molecule has 0 aromatic carbocycles. The van der Waals surface area contributed by atoms with Crippen LogP contribution in [0.25, 0.3) is 0 Å². The van der Waals surface area contributed by atoms with Crippen molar-refractivity contribution in [2.75, 3.05) is 6.54 Å². The molecule has 0 aliphatic carbocycles. The maximum Gasteiger partial charge on any atom is 0.243 e. The van der Waals surface area contributed by atoms with Crippen LogP contribution in [0, 0.1) is 12.8 Å². The fourth-order valence-corrected chi connectivity index (χ4v) is 2.79. The van der Waals surface area contributed by atoms with Crippen molar-refractivity contribution < 1.29 is 8.42 Å². The van der Waals surface area contributed by atoms with Gasteiger partial charge in [0.05, 0.1) is 11.9 Å². The van der Waals surface area contributed by atoms with Crippen LogP contribution in [0.1, 0.15) is 32.9 Å². The van der Waals surface area contributed by atoms with Crippen LogP contribution >= 0.6 is 0 Å². The van der Waals surface area contributed by atoms with E-state index >= 15 is 0 Å². The van der Waals surface area contributed by atoms with Gasteiger partial charge in [-0.05, 0) is 26.2 Å². The predicted octanol–water partition coefficient (Wildman–Crippen LogP) is 1.54. The molecule has 1 aromatic rings. The van der Waals surface area contributed by atoms with Crippen LogP contribution in [0.4, 0.5) is 0 Å². The molecule has 98 valence electrons. The Hall–Kier alpha value is -0.880. The first-order valence-electron chi connectivity index (χ1n) is 5.90. The minimum Gasteiger partial charge on any atom is -0.269 e. The van der Waals surface area contributed by atoms with Gasteiger partial charge < -0.3 is 0 Å². The van der Waals surface area contributed by atoms with E-state index in [0.29, 0.717) is 24.7 Å². The molecule has 1 N–H and O–H groups in total. The van der Waals surface area contributed by atoms with Crippen LogP contribution in [0.5, 0.6) is 0 Å². The van der Waals surface area contributed by atoms with Gasteiger partial charge in [0, 0.05) is 13.1 Å². The zero-order valence-electron chi connectivity index (χ0n) is 10.9. The lowest BCUT2D eigenvalue weighted by Crippen LogP contribution is -2.26. The third kappa shape index (κ3) is 3.54. The van der Waals surface area contributed by atoms with Crippen molar-refractivity contribution in [1.82, 2.24) is 14.5 Å². The maximum absolute atomic E-state index is 12.0. The first-order chi connectivity index (χ1) is 7.88. The first-order valence-corrected chi connectivity index (χ1v) is 7.39. The molecule has 0 bridgehead atoms. The number of sulfonamides is 1. The van der Waals surface area contributed by atoms with E-state index < -0.39 is 10.0 Å². The standard InChI is InChI=1S/C11H21N3O2S/c1-5-14-10(4)11(8-12-14)17(15,16)13-7-6-9(2)3/h8-9,13H,5-7H2,1-4H3. The van der Waals surface area contributed by atoms with Crippen LogP contribution < -0.4 is 4.72 Å². The number of hydrogen-bond acceptors (Lipinski definition) is 3. The molecule has 0 unspecified atom stereocenters. The molecule has 0 amide bonds. The number of nitrogens with zero attached hydrogens (tertiary/aromatic N) is 2. The quantitative estimate of drug-likeness (QED) is 0.842. The van der Waals surface area contributed by atoms with Gasteiger partial charge in [-0.2, -0.15) is 5.10 Å². The summed E-state index contributed by atoms with van der Waals surface area (Å²) in [6.07, 6.45) is 2.25. The molecule has 0 spiro atoms. The average molecular weight is 259 g/mol. The Balaban J connectivity index is 2.79. The van der Waals surface area contributed by atoms with E-state index in [-0.39, 0.29) is 4.90 Å². The van der Waals surface area contributed by atoms with E-state index in [9.17, 15) is 8.42 Å². The van der Waals surface area contributed by atoms with Gasteiger partial charge in [0.25, 0.3) is 0 Å². The third-order valence-electron chi connectivity index (χ3n) is 2.66. The van der Waals surface area contributed by atoms with Gasteiger partial charge >= 0.3 is 0 Å². The van der Waals surface area contributed by atoms with Gasteiger partial charge in [-0.1, -0.05) is 13.8 Å². The molecular formula is C11H21N3O2S. The Labute approximate surface area is 103 Å². The fraction of sp³-hybridized carbons (Fsp3) is 0.727. The monoisotopic (exact) mass is 259 g/mol. The van der Waals surface area contributed by atoms with Gasteiger partial charge in [0.2, 0.25) is 10.0 Å². The summed E-state index contributed by atoms with van der Waals surface area (Å²) in [7, 11) is -3.41. The molecule has 0 saturated heterocycles. The number of aryl methyl sites for hydroxylation is 1. The molecule has 1 heterocycles. The van der Waals surface area contributed by atoms with Crippen molar-refractivity contribution in [3.63, 3.8) is 0 Å². The largest absolute Gasteiger partial charge is 0.269 e.